The van der Waals surface area contributed by atoms with Gasteiger partial charge in [-0.25, -0.2) is 0 Å². The maximum atomic E-state index is 9.14. The van der Waals surface area contributed by atoms with Crippen molar-refractivity contribution in [2.45, 2.75) is 44.7 Å². The summed E-state index contributed by atoms with van der Waals surface area (Å²) in [5, 5.41) is 21.5. The van der Waals surface area contributed by atoms with Crippen LogP contribution in [0.15, 0.2) is 0 Å². The van der Waals surface area contributed by atoms with Crippen LogP contribution in [0.1, 0.15) is 32.6 Å². The molecule has 0 aromatic carbocycles. The van der Waals surface area contributed by atoms with Crippen LogP contribution >= 0.6 is 0 Å². The van der Waals surface area contributed by atoms with Crippen molar-refractivity contribution in [2.24, 2.45) is 11.8 Å². The van der Waals surface area contributed by atoms with E-state index in [1.807, 2.05) is 0 Å². The molecule has 1 aliphatic carbocycles. The van der Waals surface area contributed by atoms with Gasteiger partial charge in [-0.15, -0.1) is 0 Å². The number of likely N-dealkylation sites (tertiary alicyclic amines) is 1. The molecule has 4 heteroatoms. The van der Waals surface area contributed by atoms with Gasteiger partial charge in [0.15, 0.2) is 0 Å². The van der Waals surface area contributed by atoms with Crippen LogP contribution in [0.4, 0.5) is 0 Å². The maximum absolute atomic E-state index is 9.14. The lowest BCUT2D eigenvalue weighted by molar-refractivity contribution is 0.0276. The molecule has 4 nitrogen and oxygen atoms in total. The second-order valence-corrected chi connectivity index (χ2v) is 6.17. The van der Waals surface area contributed by atoms with Crippen molar-refractivity contribution in [1.82, 2.24) is 10.2 Å². The highest BCUT2D eigenvalue weighted by atomic mass is 16.3. The Balaban J connectivity index is 1.84. The molecule has 3 N–H and O–H groups in total. The predicted molar refractivity (Wildman–Crippen MR) is 72.4 cm³/mol. The summed E-state index contributed by atoms with van der Waals surface area (Å²) < 4.78 is 0. The van der Waals surface area contributed by atoms with Crippen molar-refractivity contribution in [3.05, 3.63) is 0 Å². The van der Waals surface area contributed by atoms with E-state index in [-0.39, 0.29) is 6.61 Å². The number of nitrogens with one attached hydrogen (secondary N) is 1. The summed E-state index contributed by atoms with van der Waals surface area (Å²) in [6, 6.07) is 1.25. The predicted octanol–water partition coefficient (Wildman–Crippen LogP) is 0.440. The van der Waals surface area contributed by atoms with Gasteiger partial charge in [0.25, 0.3) is 0 Å². The quantitative estimate of drug-likeness (QED) is 0.645. The van der Waals surface area contributed by atoms with Crippen molar-refractivity contribution in [1.29, 1.82) is 0 Å². The van der Waals surface area contributed by atoms with Gasteiger partial charge >= 0.3 is 0 Å². The number of rotatable bonds is 6. The van der Waals surface area contributed by atoms with Gasteiger partial charge in [0.05, 0.1) is 6.61 Å². The topological polar surface area (TPSA) is 55.7 Å². The molecule has 1 aliphatic heterocycles. The highest BCUT2D eigenvalue weighted by molar-refractivity contribution is 4.91. The molecule has 1 saturated heterocycles. The van der Waals surface area contributed by atoms with Gasteiger partial charge in [-0.3, -0.25) is 4.90 Å². The summed E-state index contributed by atoms with van der Waals surface area (Å²) in [6.45, 7) is 5.78. The van der Waals surface area contributed by atoms with Crippen LogP contribution in [0.5, 0.6) is 0 Å². The maximum Gasteiger partial charge on any atom is 0.0556 e. The van der Waals surface area contributed by atoms with Crippen LogP contribution in [0.3, 0.4) is 0 Å². The summed E-state index contributed by atoms with van der Waals surface area (Å²) in [7, 11) is 0. The van der Waals surface area contributed by atoms with Gasteiger partial charge in [-0.2, -0.15) is 0 Å². The van der Waals surface area contributed by atoms with Crippen molar-refractivity contribution in [3.63, 3.8) is 0 Å². The van der Waals surface area contributed by atoms with Crippen LogP contribution in [-0.4, -0.2) is 60.0 Å². The summed E-state index contributed by atoms with van der Waals surface area (Å²) in [6.07, 6.45) is 4.71. The van der Waals surface area contributed by atoms with Gasteiger partial charge in [-0.1, -0.05) is 6.92 Å². The smallest absolute Gasteiger partial charge is 0.0556 e. The molecule has 1 heterocycles. The number of piperidine rings is 1. The number of nitrogens with zero attached hydrogens (tertiary/aromatic N) is 1. The van der Waals surface area contributed by atoms with Crippen LogP contribution in [0.2, 0.25) is 0 Å². The normalized spacial score (nSPS) is 37.5. The molecule has 106 valence electrons. The van der Waals surface area contributed by atoms with E-state index in [2.05, 4.69) is 17.1 Å². The Bertz CT molecular complexity index is 244. The van der Waals surface area contributed by atoms with Gasteiger partial charge in [0.2, 0.25) is 0 Å². The first-order valence-corrected chi connectivity index (χ1v) is 7.42. The molecule has 2 atom stereocenters. The molecule has 2 unspecified atom stereocenters. The van der Waals surface area contributed by atoms with Crippen LogP contribution < -0.4 is 5.32 Å². The monoisotopic (exact) mass is 256 g/mol. The molecule has 2 fully saturated rings. The Morgan fingerprint density at radius 2 is 1.89 bits per heavy atom. The number of aliphatic hydroxyl groups is 2. The minimum atomic E-state index is 0.210. The highest BCUT2D eigenvalue weighted by Gasteiger charge is 2.36. The van der Waals surface area contributed by atoms with Crippen molar-refractivity contribution in [2.75, 3.05) is 32.8 Å². The SMILES string of the molecule is CC1CC(N2CC(CCO)CC(NCCO)C2)C1. The van der Waals surface area contributed by atoms with Crippen molar-refractivity contribution < 1.29 is 10.2 Å². The minimum Gasteiger partial charge on any atom is -0.396 e. The van der Waals surface area contributed by atoms with E-state index in [1.165, 1.54) is 12.8 Å². The minimum absolute atomic E-state index is 0.210. The lowest BCUT2D eigenvalue weighted by Gasteiger charge is -2.47. The van der Waals surface area contributed by atoms with Gasteiger partial charge in [-0.05, 0) is 37.5 Å². The Hall–Kier alpha value is -0.160. The van der Waals surface area contributed by atoms with Crippen LogP contribution in [0, 0.1) is 11.8 Å². The Morgan fingerprint density at radius 1 is 1.11 bits per heavy atom. The van der Waals surface area contributed by atoms with E-state index in [4.69, 9.17) is 10.2 Å². The Kier molecular flexibility index (Phi) is 5.42. The largest absolute Gasteiger partial charge is 0.396 e. The Labute approximate surface area is 110 Å². The fraction of sp³-hybridized carbons (Fsp3) is 1.00. The summed E-state index contributed by atoms with van der Waals surface area (Å²) >= 11 is 0. The number of hydrogen-bond acceptors (Lipinski definition) is 4. The lowest BCUT2D eigenvalue weighted by atomic mass is 9.78. The first kappa shape index (κ1) is 14.3. The molecule has 0 spiro atoms. The van der Waals surface area contributed by atoms with E-state index in [0.717, 1.165) is 37.9 Å². The fourth-order valence-corrected chi connectivity index (χ4v) is 3.51. The molecule has 1 saturated carbocycles. The Morgan fingerprint density at radius 3 is 2.50 bits per heavy atom. The zero-order valence-electron chi connectivity index (χ0n) is 11.5. The molecule has 0 amide bonds. The lowest BCUT2D eigenvalue weighted by Crippen LogP contribution is -2.56. The average molecular weight is 256 g/mol. The summed E-state index contributed by atoms with van der Waals surface area (Å²) in [5.74, 6) is 1.49. The summed E-state index contributed by atoms with van der Waals surface area (Å²) in [5.41, 5.74) is 0. The zero-order valence-corrected chi connectivity index (χ0v) is 11.5. The zero-order chi connectivity index (χ0) is 13.0. The fourth-order valence-electron chi connectivity index (χ4n) is 3.51. The molecule has 18 heavy (non-hydrogen) atoms. The third kappa shape index (κ3) is 3.67. The van der Waals surface area contributed by atoms with E-state index in [0.29, 0.717) is 25.1 Å². The molecular weight excluding hydrogens is 228 g/mol. The van der Waals surface area contributed by atoms with Gasteiger partial charge in [0.1, 0.15) is 0 Å². The van der Waals surface area contributed by atoms with Crippen molar-refractivity contribution >= 4 is 0 Å². The van der Waals surface area contributed by atoms with E-state index in [9.17, 15) is 0 Å². The van der Waals surface area contributed by atoms with Crippen LogP contribution in [0.25, 0.3) is 0 Å². The number of aliphatic hydroxyl groups excluding tert-OH is 2. The molecule has 0 bridgehead atoms. The average Bonchev–Trinajstić information content (AvgIpc) is 2.32. The highest BCUT2D eigenvalue weighted by Crippen LogP contribution is 2.34. The number of hydrogen-bond donors (Lipinski definition) is 3. The van der Waals surface area contributed by atoms with E-state index < -0.39 is 0 Å². The van der Waals surface area contributed by atoms with E-state index in [1.54, 1.807) is 0 Å². The first-order valence-electron chi connectivity index (χ1n) is 7.42. The third-order valence-corrected chi connectivity index (χ3v) is 4.51. The van der Waals surface area contributed by atoms with Gasteiger partial charge in [0, 0.05) is 38.3 Å². The standard InChI is InChI=1S/C14H28N2O2/c1-11-6-14(7-11)16-9-12(2-4-17)8-13(10-16)15-3-5-18/h11-15,17-18H,2-10H2,1H3. The van der Waals surface area contributed by atoms with Gasteiger partial charge < -0.3 is 15.5 Å². The molecule has 0 aromatic rings. The van der Waals surface area contributed by atoms with Crippen LogP contribution in [-0.2, 0) is 0 Å². The molecule has 0 radical (unpaired) electrons. The van der Waals surface area contributed by atoms with E-state index >= 15 is 0 Å². The molecule has 0 aromatic heterocycles. The van der Waals surface area contributed by atoms with Crippen molar-refractivity contribution in [3.8, 4) is 0 Å². The third-order valence-electron chi connectivity index (χ3n) is 4.51. The second-order valence-electron chi connectivity index (χ2n) is 6.17. The first-order chi connectivity index (χ1) is 8.72. The second kappa shape index (κ2) is 6.85. The molecule has 2 aliphatic rings. The molecular formula is C14H28N2O2. The summed E-state index contributed by atoms with van der Waals surface area (Å²) in [4.78, 5) is 2.61. The molecule has 2 rings (SSSR count).